The number of nitrogens with one attached hydrogen (secondary N) is 1. The second-order valence-corrected chi connectivity index (χ2v) is 7.59. The Balaban J connectivity index is 1.28. The van der Waals surface area contributed by atoms with Gasteiger partial charge in [-0.15, -0.1) is 0 Å². The zero-order chi connectivity index (χ0) is 24.2. The van der Waals surface area contributed by atoms with Gasteiger partial charge >= 0.3 is 5.97 Å². The summed E-state index contributed by atoms with van der Waals surface area (Å²) >= 11 is 0. The lowest BCUT2D eigenvalue weighted by molar-refractivity contribution is 0.0731. The van der Waals surface area contributed by atoms with Crippen molar-refractivity contribution in [2.24, 2.45) is 5.10 Å². The third-order valence-electron chi connectivity index (χ3n) is 5.41. The van der Waals surface area contributed by atoms with E-state index < -0.39 is 11.9 Å². The van der Waals surface area contributed by atoms with Gasteiger partial charge in [0.2, 0.25) is 6.79 Å². The van der Waals surface area contributed by atoms with Crippen LogP contribution in [0.2, 0.25) is 0 Å². The van der Waals surface area contributed by atoms with Gasteiger partial charge in [0.25, 0.3) is 5.91 Å². The molecule has 1 N–H and O–H groups in total. The first-order valence-electron chi connectivity index (χ1n) is 10.7. The Kier molecular flexibility index (Phi) is 6.00. The largest absolute Gasteiger partial charge is 0.493 e. The number of fused-ring (bicyclic) bond motifs is 2. The van der Waals surface area contributed by atoms with Gasteiger partial charge in [-0.2, -0.15) is 5.10 Å². The molecular weight excluding hydrogens is 448 g/mol. The van der Waals surface area contributed by atoms with Crippen LogP contribution in [0, 0.1) is 0 Å². The van der Waals surface area contributed by atoms with E-state index in [4.69, 9.17) is 18.9 Å². The molecule has 0 saturated carbocycles. The third kappa shape index (κ3) is 4.63. The molecule has 0 bridgehead atoms. The molecule has 0 atom stereocenters. The quantitative estimate of drug-likeness (QED) is 0.193. The molecule has 0 fully saturated rings. The minimum atomic E-state index is -0.488. The van der Waals surface area contributed by atoms with E-state index in [9.17, 15) is 9.59 Å². The van der Waals surface area contributed by atoms with E-state index in [1.54, 1.807) is 42.5 Å². The maximum absolute atomic E-state index is 12.9. The van der Waals surface area contributed by atoms with Crippen LogP contribution in [0.15, 0.2) is 84.0 Å². The summed E-state index contributed by atoms with van der Waals surface area (Å²) in [6, 6.07) is 22.9. The number of hydrogen-bond donors (Lipinski definition) is 1. The summed E-state index contributed by atoms with van der Waals surface area (Å²) in [5.74, 6) is 0.847. The lowest BCUT2D eigenvalue weighted by Crippen LogP contribution is -2.17. The molecule has 0 spiro atoms. The molecule has 1 heterocycles. The molecule has 4 aromatic carbocycles. The van der Waals surface area contributed by atoms with Crippen LogP contribution in [-0.4, -0.2) is 32.0 Å². The van der Waals surface area contributed by atoms with E-state index in [-0.39, 0.29) is 12.5 Å². The molecule has 0 aromatic heterocycles. The second-order valence-electron chi connectivity index (χ2n) is 7.59. The highest BCUT2D eigenvalue weighted by Crippen LogP contribution is 2.32. The predicted molar refractivity (Wildman–Crippen MR) is 130 cm³/mol. The number of esters is 1. The van der Waals surface area contributed by atoms with Gasteiger partial charge in [0.15, 0.2) is 23.0 Å². The molecular formula is C27H20N2O6. The van der Waals surface area contributed by atoms with E-state index in [1.165, 1.54) is 13.3 Å². The minimum Gasteiger partial charge on any atom is -0.493 e. The number of amides is 1. The average Bonchev–Trinajstić information content (AvgIpc) is 3.37. The number of carbonyl (C=O) groups is 2. The van der Waals surface area contributed by atoms with Crippen molar-refractivity contribution >= 4 is 28.9 Å². The second kappa shape index (κ2) is 9.56. The molecule has 174 valence electrons. The van der Waals surface area contributed by atoms with Crippen LogP contribution in [0.3, 0.4) is 0 Å². The molecule has 8 heteroatoms. The van der Waals surface area contributed by atoms with E-state index >= 15 is 0 Å². The molecule has 0 unspecified atom stereocenters. The highest BCUT2D eigenvalue weighted by Gasteiger charge is 2.17. The van der Waals surface area contributed by atoms with Crippen LogP contribution in [0.5, 0.6) is 23.0 Å². The van der Waals surface area contributed by atoms with Crippen LogP contribution in [0.1, 0.15) is 26.3 Å². The van der Waals surface area contributed by atoms with E-state index in [0.29, 0.717) is 33.9 Å². The van der Waals surface area contributed by atoms with Crippen molar-refractivity contribution in [1.29, 1.82) is 0 Å². The first-order chi connectivity index (χ1) is 17.1. The Morgan fingerprint density at radius 1 is 0.914 bits per heavy atom. The lowest BCUT2D eigenvalue weighted by Gasteiger charge is -2.11. The number of methoxy groups -OCH3 is 1. The summed E-state index contributed by atoms with van der Waals surface area (Å²) in [5.41, 5.74) is 3.96. The molecule has 0 aliphatic carbocycles. The van der Waals surface area contributed by atoms with Gasteiger partial charge in [-0.1, -0.05) is 36.4 Å². The van der Waals surface area contributed by atoms with Crippen molar-refractivity contribution in [2.45, 2.75) is 0 Å². The smallest absolute Gasteiger partial charge is 0.344 e. The first-order valence-corrected chi connectivity index (χ1v) is 10.7. The monoisotopic (exact) mass is 468 g/mol. The van der Waals surface area contributed by atoms with Gasteiger partial charge in [0.05, 0.1) is 18.9 Å². The van der Waals surface area contributed by atoms with E-state index in [0.717, 1.165) is 10.8 Å². The Morgan fingerprint density at radius 3 is 2.63 bits per heavy atom. The number of ether oxygens (including phenoxy) is 4. The van der Waals surface area contributed by atoms with Gasteiger partial charge in [0.1, 0.15) is 0 Å². The fourth-order valence-electron chi connectivity index (χ4n) is 3.67. The zero-order valence-corrected chi connectivity index (χ0v) is 18.7. The molecule has 1 amide bonds. The highest BCUT2D eigenvalue weighted by atomic mass is 16.7. The van der Waals surface area contributed by atoms with Crippen molar-refractivity contribution in [1.82, 2.24) is 5.43 Å². The maximum atomic E-state index is 12.9. The van der Waals surface area contributed by atoms with Gasteiger partial charge in [0, 0.05) is 5.56 Å². The minimum absolute atomic E-state index is 0.133. The molecule has 4 aromatic rings. The highest BCUT2D eigenvalue weighted by molar-refractivity contribution is 6.05. The number of nitrogens with zero attached hydrogens (tertiary/aromatic N) is 1. The standard InChI is InChI=1S/C27H20N2O6/c1-32-24-13-17(15-28-29-26(30)19-10-12-22-25(14-19)34-16-33-22)9-11-23(24)35-27(31)21-8-4-6-18-5-2-3-7-20(18)21/h2-15H,16H2,1H3,(H,29,30)/b28-15+. The molecule has 8 nitrogen and oxygen atoms in total. The van der Waals surface area contributed by atoms with Crippen molar-refractivity contribution in [2.75, 3.05) is 13.9 Å². The fourth-order valence-corrected chi connectivity index (χ4v) is 3.67. The Labute approximate surface area is 200 Å². The van der Waals surface area contributed by atoms with Crippen LogP contribution < -0.4 is 24.4 Å². The number of rotatable bonds is 6. The van der Waals surface area contributed by atoms with Crippen LogP contribution >= 0.6 is 0 Å². The summed E-state index contributed by atoms with van der Waals surface area (Å²) in [7, 11) is 1.48. The molecule has 0 radical (unpaired) electrons. The third-order valence-corrected chi connectivity index (χ3v) is 5.41. The molecule has 35 heavy (non-hydrogen) atoms. The van der Waals surface area contributed by atoms with Crippen LogP contribution in [0.25, 0.3) is 10.8 Å². The molecule has 1 aliphatic heterocycles. The molecule has 5 rings (SSSR count). The van der Waals surface area contributed by atoms with Crippen molar-refractivity contribution in [3.8, 4) is 23.0 Å². The van der Waals surface area contributed by atoms with Crippen LogP contribution in [0.4, 0.5) is 0 Å². The van der Waals surface area contributed by atoms with Gasteiger partial charge in [-0.25, -0.2) is 10.2 Å². The van der Waals surface area contributed by atoms with E-state index in [2.05, 4.69) is 10.5 Å². The Morgan fingerprint density at radius 2 is 1.74 bits per heavy atom. The number of hydrazone groups is 1. The van der Waals surface area contributed by atoms with Crippen LogP contribution in [-0.2, 0) is 0 Å². The Bertz CT molecular complexity index is 1460. The van der Waals surface area contributed by atoms with E-state index in [1.807, 2.05) is 36.4 Å². The number of carbonyl (C=O) groups excluding carboxylic acids is 2. The van der Waals surface area contributed by atoms with Gasteiger partial charge in [-0.3, -0.25) is 4.79 Å². The summed E-state index contributed by atoms with van der Waals surface area (Å²) in [4.78, 5) is 25.2. The summed E-state index contributed by atoms with van der Waals surface area (Å²) in [6.45, 7) is 0.133. The fraction of sp³-hybridized carbons (Fsp3) is 0.0741. The Hall–Kier alpha value is -4.85. The average molecular weight is 468 g/mol. The van der Waals surface area contributed by atoms with Crippen molar-refractivity contribution in [3.63, 3.8) is 0 Å². The normalized spacial score (nSPS) is 12.0. The van der Waals surface area contributed by atoms with Crippen molar-refractivity contribution in [3.05, 3.63) is 95.6 Å². The SMILES string of the molecule is COc1cc(/C=N/NC(=O)c2ccc3c(c2)OCO3)ccc1OC(=O)c1cccc2ccccc12. The topological polar surface area (TPSA) is 95.5 Å². The van der Waals surface area contributed by atoms with Crippen molar-refractivity contribution < 1.29 is 28.5 Å². The molecule has 0 saturated heterocycles. The lowest BCUT2D eigenvalue weighted by atomic mass is 10.0. The summed E-state index contributed by atoms with van der Waals surface area (Å²) < 4.78 is 21.6. The first kappa shape index (κ1) is 22.0. The zero-order valence-electron chi connectivity index (χ0n) is 18.7. The number of hydrogen-bond acceptors (Lipinski definition) is 7. The summed E-state index contributed by atoms with van der Waals surface area (Å²) in [6.07, 6.45) is 1.46. The van der Waals surface area contributed by atoms with Gasteiger partial charge < -0.3 is 18.9 Å². The maximum Gasteiger partial charge on any atom is 0.344 e. The van der Waals surface area contributed by atoms with Gasteiger partial charge in [-0.05, 0) is 58.8 Å². The summed E-state index contributed by atoms with van der Waals surface area (Å²) in [5, 5.41) is 5.75. The molecule has 1 aliphatic rings. The predicted octanol–water partition coefficient (Wildman–Crippen LogP) is 4.56. The number of benzene rings is 4.